The molecule has 1 fully saturated rings. The quantitative estimate of drug-likeness (QED) is 0.756. The van der Waals surface area contributed by atoms with E-state index in [9.17, 15) is 21.6 Å². The van der Waals surface area contributed by atoms with Crippen molar-refractivity contribution in [2.24, 2.45) is 0 Å². The van der Waals surface area contributed by atoms with Crippen molar-refractivity contribution in [1.82, 2.24) is 9.29 Å². The van der Waals surface area contributed by atoms with Gasteiger partial charge in [-0.15, -0.1) is 0 Å². The van der Waals surface area contributed by atoms with Crippen molar-refractivity contribution < 1.29 is 21.6 Å². The third-order valence-electron chi connectivity index (χ3n) is 5.67. The molecule has 0 N–H and O–H groups in total. The van der Waals surface area contributed by atoms with Crippen molar-refractivity contribution in [1.29, 1.82) is 0 Å². The number of hydrogen-bond acceptors (Lipinski definition) is 4. The molecule has 1 saturated heterocycles. The second kappa shape index (κ2) is 7.28. The minimum Gasteiger partial charge on any atom is -0.351 e. The van der Waals surface area contributed by atoms with Crippen LogP contribution in [0.1, 0.15) is 30.0 Å². The molecule has 0 radical (unpaired) electrons. The van der Waals surface area contributed by atoms with E-state index < -0.39 is 21.8 Å². The van der Waals surface area contributed by atoms with Crippen molar-refractivity contribution in [2.45, 2.75) is 43.3 Å². The van der Waals surface area contributed by atoms with Gasteiger partial charge < -0.3 is 4.90 Å². The van der Waals surface area contributed by atoms with Gasteiger partial charge >= 0.3 is 6.18 Å². The molecule has 2 heterocycles. The number of sulfonamides is 1. The van der Waals surface area contributed by atoms with E-state index in [-0.39, 0.29) is 19.1 Å². The summed E-state index contributed by atoms with van der Waals surface area (Å²) in [5.74, 6) is 0.417. The lowest BCUT2D eigenvalue weighted by atomic mass is 10.1. The first-order valence-corrected chi connectivity index (χ1v) is 11.0. The predicted molar refractivity (Wildman–Crippen MR) is 103 cm³/mol. The van der Waals surface area contributed by atoms with Gasteiger partial charge in [-0.25, -0.2) is 13.4 Å². The van der Waals surface area contributed by atoms with E-state index in [2.05, 4.69) is 4.98 Å². The molecule has 1 aliphatic carbocycles. The second-order valence-electron chi connectivity index (χ2n) is 7.59. The van der Waals surface area contributed by atoms with Crippen LogP contribution in [-0.4, -0.2) is 43.4 Å². The van der Waals surface area contributed by atoms with Crippen LogP contribution in [0.4, 0.5) is 19.0 Å². The molecule has 1 aliphatic heterocycles. The number of nitrogens with zero attached hydrogens (tertiary/aromatic N) is 3. The molecule has 0 saturated carbocycles. The minimum absolute atomic E-state index is 0.211. The van der Waals surface area contributed by atoms with Crippen LogP contribution in [0.25, 0.3) is 0 Å². The normalized spacial score (nSPS) is 20.7. The van der Waals surface area contributed by atoms with Crippen LogP contribution in [0.15, 0.2) is 41.4 Å². The van der Waals surface area contributed by atoms with Crippen LogP contribution >= 0.6 is 0 Å². The van der Waals surface area contributed by atoms with E-state index >= 15 is 0 Å². The average Bonchev–Trinajstić information content (AvgIpc) is 3.15. The molecule has 1 aromatic heterocycles. The Hall–Kier alpha value is -2.13. The van der Waals surface area contributed by atoms with Gasteiger partial charge in [0.1, 0.15) is 5.82 Å². The van der Waals surface area contributed by atoms with Crippen LogP contribution < -0.4 is 4.90 Å². The summed E-state index contributed by atoms with van der Waals surface area (Å²) >= 11 is 0. The van der Waals surface area contributed by atoms with Crippen LogP contribution in [0.3, 0.4) is 0 Å². The first kappa shape index (κ1) is 20.2. The number of aryl methyl sites for hydroxylation is 2. The maximum Gasteiger partial charge on any atom is 0.417 e. The molecular formula is C20H22F3N3O2S. The number of benzene rings is 1. The summed E-state index contributed by atoms with van der Waals surface area (Å²) < 4.78 is 65.9. The van der Waals surface area contributed by atoms with Crippen LogP contribution in [0.5, 0.6) is 0 Å². The van der Waals surface area contributed by atoms with Crippen molar-refractivity contribution in [2.75, 3.05) is 24.5 Å². The number of alkyl halides is 3. The van der Waals surface area contributed by atoms with Gasteiger partial charge in [0.2, 0.25) is 10.0 Å². The Morgan fingerprint density at radius 3 is 2.48 bits per heavy atom. The van der Waals surface area contributed by atoms with Crippen molar-refractivity contribution in [3.8, 4) is 0 Å². The van der Waals surface area contributed by atoms with Crippen molar-refractivity contribution in [3.63, 3.8) is 0 Å². The number of piperazine rings is 1. The number of aromatic nitrogens is 1. The highest BCUT2D eigenvalue weighted by Crippen LogP contribution is 2.31. The fourth-order valence-corrected chi connectivity index (χ4v) is 5.63. The number of hydrogen-bond donors (Lipinski definition) is 0. The van der Waals surface area contributed by atoms with E-state index in [4.69, 9.17) is 0 Å². The largest absolute Gasteiger partial charge is 0.417 e. The first-order chi connectivity index (χ1) is 13.7. The molecule has 1 aromatic carbocycles. The Balaban J connectivity index is 1.50. The fourth-order valence-electron chi connectivity index (χ4n) is 4.06. The van der Waals surface area contributed by atoms with Crippen LogP contribution in [-0.2, 0) is 29.0 Å². The summed E-state index contributed by atoms with van der Waals surface area (Å²) in [6.07, 6.45) is -0.669. The van der Waals surface area contributed by atoms with E-state index in [1.54, 1.807) is 12.1 Å². The highest BCUT2D eigenvalue weighted by atomic mass is 32.2. The summed E-state index contributed by atoms with van der Waals surface area (Å²) in [7, 11) is -3.61. The lowest BCUT2D eigenvalue weighted by Gasteiger charge is -2.40. The van der Waals surface area contributed by atoms with Gasteiger partial charge in [-0.1, -0.05) is 6.07 Å². The maximum atomic E-state index is 13.1. The molecule has 5 nitrogen and oxygen atoms in total. The molecule has 2 aromatic rings. The van der Waals surface area contributed by atoms with Crippen molar-refractivity contribution >= 4 is 15.8 Å². The summed E-state index contributed by atoms with van der Waals surface area (Å²) in [6, 6.07) is 7.49. The van der Waals surface area contributed by atoms with Gasteiger partial charge in [0, 0.05) is 31.9 Å². The summed E-state index contributed by atoms with van der Waals surface area (Å²) in [4.78, 5) is 6.10. The second-order valence-corrected chi connectivity index (χ2v) is 9.53. The van der Waals surface area contributed by atoms with Gasteiger partial charge in [-0.05, 0) is 61.6 Å². The lowest BCUT2D eigenvalue weighted by Crippen LogP contribution is -2.53. The zero-order valence-corrected chi connectivity index (χ0v) is 16.8. The molecule has 0 spiro atoms. The third-order valence-corrected chi connectivity index (χ3v) is 7.53. The molecule has 2 aliphatic rings. The van der Waals surface area contributed by atoms with Crippen LogP contribution in [0.2, 0.25) is 0 Å². The number of halogens is 3. The Kier molecular flexibility index (Phi) is 5.06. The highest BCUT2D eigenvalue weighted by Gasteiger charge is 2.34. The van der Waals surface area contributed by atoms with Gasteiger partial charge in [-0.3, -0.25) is 0 Å². The topological polar surface area (TPSA) is 53.5 Å². The zero-order valence-electron chi connectivity index (χ0n) is 16.0. The Labute approximate surface area is 168 Å². The molecule has 1 atom stereocenters. The Morgan fingerprint density at radius 2 is 1.83 bits per heavy atom. The van der Waals surface area contributed by atoms with Crippen LogP contribution in [0, 0.1) is 0 Å². The molecule has 4 rings (SSSR count). The highest BCUT2D eigenvalue weighted by molar-refractivity contribution is 7.89. The van der Waals surface area contributed by atoms with Gasteiger partial charge in [0.15, 0.2) is 0 Å². The standard InChI is InChI=1S/C20H22F3N3O2S/c1-14-13-25(29(27,28)18-7-5-15-3-2-4-16(15)11-18)9-10-26(14)19-8-6-17(12-24-19)20(21,22)23/h5-8,11-12,14H,2-4,9-10,13H2,1H3/t14-/m1/s1. The van der Waals surface area contributed by atoms with Gasteiger partial charge in [-0.2, -0.15) is 17.5 Å². The lowest BCUT2D eigenvalue weighted by molar-refractivity contribution is -0.137. The number of rotatable bonds is 3. The Bertz CT molecular complexity index is 1010. The molecule has 0 bridgehead atoms. The molecule has 156 valence electrons. The maximum absolute atomic E-state index is 13.1. The minimum atomic E-state index is -4.43. The van der Waals surface area contributed by atoms with Gasteiger partial charge in [0.25, 0.3) is 0 Å². The zero-order chi connectivity index (χ0) is 20.8. The van der Waals surface area contributed by atoms with Gasteiger partial charge in [0.05, 0.1) is 10.5 Å². The SMILES string of the molecule is C[C@@H]1CN(S(=O)(=O)c2ccc3c(c2)CCC3)CCN1c1ccc(C(F)(F)F)cn1. The summed E-state index contributed by atoms with van der Waals surface area (Å²) in [6.45, 7) is 2.72. The monoisotopic (exact) mass is 425 g/mol. The third kappa shape index (κ3) is 3.85. The fraction of sp³-hybridized carbons (Fsp3) is 0.450. The molecule has 9 heteroatoms. The molecular weight excluding hydrogens is 403 g/mol. The smallest absolute Gasteiger partial charge is 0.351 e. The summed E-state index contributed by atoms with van der Waals surface area (Å²) in [5, 5.41) is 0. The van der Waals surface area contributed by atoms with E-state index in [1.165, 1.54) is 15.9 Å². The number of fused-ring (bicyclic) bond motifs is 1. The number of anilines is 1. The number of pyridine rings is 1. The Morgan fingerprint density at radius 1 is 1.07 bits per heavy atom. The average molecular weight is 425 g/mol. The molecule has 0 amide bonds. The van der Waals surface area contributed by atoms with Crippen molar-refractivity contribution in [3.05, 3.63) is 53.2 Å². The van der Waals surface area contributed by atoms with E-state index in [0.717, 1.165) is 37.1 Å². The first-order valence-electron chi connectivity index (χ1n) is 9.58. The predicted octanol–water partition coefficient (Wildman–Crippen LogP) is 3.49. The van der Waals surface area contributed by atoms with E-state index in [0.29, 0.717) is 17.3 Å². The summed E-state index contributed by atoms with van der Waals surface area (Å²) in [5.41, 5.74) is 1.52. The molecule has 29 heavy (non-hydrogen) atoms. The van der Waals surface area contributed by atoms with E-state index in [1.807, 2.05) is 17.9 Å². The molecule has 0 unspecified atom stereocenters.